The van der Waals surface area contributed by atoms with Gasteiger partial charge in [-0.3, -0.25) is 0 Å². The van der Waals surface area contributed by atoms with Crippen molar-refractivity contribution in [3.8, 4) is 5.69 Å². The van der Waals surface area contributed by atoms with Crippen molar-refractivity contribution in [3.63, 3.8) is 0 Å². The zero-order chi connectivity index (χ0) is 12.3. The summed E-state index contributed by atoms with van der Waals surface area (Å²) in [6, 6.07) is 6.18. The van der Waals surface area contributed by atoms with E-state index in [0.29, 0.717) is 5.69 Å². The third-order valence-corrected chi connectivity index (χ3v) is 2.75. The molecule has 1 aliphatic carbocycles. The fourth-order valence-corrected chi connectivity index (χ4v) is 1.21. The summed E-state index contributed by atoms with van der Waals surface area (Å²) in [5.41, 5.74) is 1.42. The first-order chi connectivity index (χ1) is 8.07. The summed E-state index contributed by atoms with van der Waals surface area (Å²) in [6.07, 6.45) is 6.11. The van der Waals surface area contributed by atoms with Crippen LogP contribution in [0.25, 0.3) is 5.69 Å². The lowest BCUT2D eigenvalue weighted by molar-refractivity contribution is 0.625. The molecule has 0 N–H and O–H groups in total. The lowest BCUT2D eigenvalue weighted by Crippen LogP contribution is -1.94. The van der Waals surface area contributed by atoms with Crippen molar-refractivity contribution >= 4 is 0 Å². The lowest BCUT2D eigenvalue weighted by atomic mass is 10.2. The maximum atomic E-state index is 12.7. The standard InChI is InChI=1S/C8H6FN3.C5H10/c9-7-2-1-3-8(6-7)12-5-4-10-11-12;1-5(2)3-4-5/h1-6H;3-4H2,1-2H3. The van der Waals surface area contributed by atoms with Gasteiger partial charge in [0, 0.05) is 0 Å². The molecule has 0 atom stereocenters. The quantitative estimate of drug-likeness (QED) is 0.757. The van der Waals surface area contributed by atoms with Crippen LogP contribution < -0.4 is 0 Å². The Morgan fingerprint density at radius 1 is 1.29 bits per heavy atom. The van der Waals surface area contributed by atoms with Crippen LogP contribution in [0.15, 0.2) is 36.7 Å². The highest BCUT2D eigenvalue weighted by molar-refractivity contribution is 5.30. The van der Waals surface area contributed by atoms with E-state index in [1.807, 2.05) is 0 Å². The average Bonchev–Trinajstić information content (AvgIpc) is 2.83. The molecule has 0 aliphatic heterocycles. The average molecular weight is 233 g/mol. The minimum absolute atomic E-state index is 0.275. The number of hydrogen-bond donors (Lipinski definition) is 0. The summed E-state index contributed by atoms with van der Waals surface area (Å²) in [4.78, 5) is 0. The molecule has 0 bridgehead atoms. The van der Waals surface area contributed by atoms with E-state index in [0.717, 1.165) is 5.41 Å². The van der Waals surface area contributed by atoms with Gasteiger partial charge in [0.2, 0.25) is 0 Å². The summed E-state index contributed by atoms with van der Waals surface area (Å²) in [6.45, 7) is 4.60. The van der Waals surface area contributed by atoms with Gasteiger partial charge in [-0.05, 0) is 36.5 Å². The minimum atomic E-state index is -0.275. The Balaban J connectivity index is 0.000000181. The molecular weight excluding hydrogens is 217 g/mol. The SMILES string of the molecule is CC1(C)CC1.Fc1cccc(-n2ccnn2)c1. The number of nitrogens with zero attached hydrogens (tertiary/aromatic N) is 3. The molecule has 3 nitrogen and oxygen atoms in total. The number of benzene rings is 1. The number of aromatic nitrogens is 3. The Labute approximate surface area is 100 Å². The molecule has 1 heterocycles. The van der Waals surface area contributed by atoms with Crippen molar-refractivity contribution < 1.29 is 4.39 Å². The summed E-state index contributed by atoms with van der Waals surface area (Å²) < 4.78 is 14.2. The first-order valence-corrected chi connectivity index (χ1v) is 5.69. The molecule has 1 fully saturated rings. The second kappa shape index (κ2) is 4.65. The largest absolute Gasteiger partial charge is 0.221 e. The van der Waals surface area contributed by atoms with Gasteiger partial charge in [-0.25, -0.2) is 9.07 Å². The molecule has 1 aromatic heterocycles. The molecule has 0 unspecified atom stereocenters. The third kappa shape index (κ3) is 3.66. The van der Waals surface area contributed by atoms with Crippen LogP contribution in [-0.2, 0) is 0 Å². The smallest absolute Gasteiger partial charge is 0.125 e. The molecule has 1 aliphatic rings. The highest BCUT2D eigenvalue weighted by Gasteiger charge is 2.30. The highest BCUT2D eigenvalue weighted by Crippen LogP contribution is 2.43. The summed E-state index contributed by atoms with van der Waals surface area (Å²) in [7, 11) is 0. The molecule has 1 saturated carbocycles. The van der Waals surface area contributed by atoms with Crippen LogP contribution in [0, 0.1) is 11.2 Å². The molecule has 1 aromatic carbocycles. The predicted molar refractivity (Wildman–Crippen MR) is 64.3 cm³/mol. The summed E-state index contributed by atoms with van der Waals surface area (Å²) in [5.74, 6) is -0.275. The number of hydrogen-bond acceptors (Lipinski definition) is 2. The zero-order valence-electron chi connectivity index (χ0n) is 10.1. The van der Waals surface area contributed by atoms with E-state index < -0.39 is 0 Å². The van der Waals surface area contributed by atoms with Gasteiger partial charge in [-0.15, -0.1) is 5.10 Å². The van der Waals surface area contributed by atoms with Crippen LogP contribution in [0.1, 0.15) is 26.7 Å². The van der Waals surface area contributed by atoms with Gasteiger partial charge >= 0.3 is 0 Å². The topological polar surface area (TPSA) is 30.7 Å². The molecular formula is C13H16FN3. The Bertz CT molecular complexity index is 471. The van der Waals surface area contributed by atoms with Crippen LogP contribution in [0.3, 0.4) is 0 Å². The Kier molecular flexibility index (Phi) is 3.22. The van der Waals surface area contributed by atoms with Crippen LogP contribution in [0.4, 0.5) is 4.39 Å². The maximum Gasteiger partial charge on any atom is 0.125 e. The van der Waals surface area contributed by atoms with E-state index in [9.17, 15) is 4.39 Å². The molecule has 4 heteroatoms. The van der Waals surface area contributed by atoms with Gasteiger partial charge in [-0.1, -0.05) is 25.1 Å². The van der Waals surface area contributed by atoms with Crippen molar-refractivity contribution in [2.24, 2.45) is 5.41 Å². The zero-order valence-corrected chi connectivity index (χ0v) is 10.1. The van der Waals surface area contributed by atoms with Gasteiger partial charge in [0.05, 0.1) is 18.1 Å². The molecule has 2 aromatic rings. The fraction of sp³-hybridized carbons (Fsp3) is 0.385. The van der Waals surface area contributed by atoms with Crippen LogP contribution in [0.5, 0.6) is 0 Å². The molecule has 90 valence electrons. The van der Waals surface area contributed by atoms with Gasteiger partial charge in [0.1, 0.15) is 5.82 Å². The van der Waals surface area contributed by atoms with E-state index in [1.165, 1.54) is 29.7 Å². The molecule has 17 heavy (non-hydrogen) atoms. The van der Waals surface area contributed by atoms with Crippen molar-refractivity contribution in [2.45, 2.75) is 26.7 Å². The van der Waals surface area contributed by atoms with Crippen molar-refractivity contribution in [3.05, 3.63) is 42.5 Å². The summed E-state index contributed by atoms with van der Waals surface area (Å²) >= 11 is 0. The molecule has 0 amide bonds. The third-order valence-electron chi connectivity index (χ3n) is 2.75. The first kappa shape index (κ1) is 11.8. The second-order valence-corrected chi connectivity index (χ2v) is 4.99. The van der Waals surface area contributed by atoms with Crippen molar-refractivity contribution in [1.29, 1.82) is 0 Å². The monoisotopic (exact) mass is 233 g/mol. The number of halogens is 1. The van der Waals surface area contributed by atoms with Gasteiger partial charge in [-0.2, -0.15) is 0 Å². The van der Waals surface area contributed by atoms with Gasteiger partial charge in [0.25, 0.3) is 0 Å². The Morgan fingerprint density at radius 3 is 2.47 bits per heavy atom. The predicted octanol–water partition coefficient (Wildman–Crippen LogP) is 3.21. The van der Waals surface area contributed by atoms with Crippen LogP contribution in [-0.4, -0.2) is 15.0 Å². The molecule has 0 radical (unpaired) electrons. The molecule has 0 spiro atoms. The van der Waals surface area contributed by atoms with Gasteiger partial charge < -0.3 is 0 Å². The van der Waals surface area contributed by atoms with Crippen LogP contribution in [0.2, 0.25) is 0 Å². The summed E-state index contributed by atoms with van der Waals surface area (Å²) in [5, 5.41) is 7.35. The van der Waals surface area contributed by atoms with E-state index in [1.54, 1.807) is 24.5 Å². The minimum Gasteiger partial charge on any atom is -0.221 e. The normalized spacial score (nSPS) is 15.9. The van der Waals surface area contributed by atoms with Gasteiger partial charge in [0.15, 0.2) is 0 Å². The lowest BCUT2D eigenvalue weighted by Gasteiger charge is -1.97. The second-order valence-electron chi connectivity index (χ2n) is 4.99. The van der Waals surface area contributed by atoms with E-state index >= 15 is 0 Å². The first-order valence-electron chi connectivity index (χ1n) is 5.69. The molecule has 3 rings (SSSR count). The van der Waals surface area contributed by atoms with Crippen molar-refractivity contribution in [2.75, 3.05) is 0 Å². The fourth-order valence-electron chi connectivity index (χ4n) is 1.21. The Morgan fingerprint density at radius 2 is 2.00 bits per heavy atom. The van der Waals surface area contributed by atoms with E-state index in [4.69, 9.17) is 0 Å². The van der Waals surface area contributed by atoms with E-state index in [-0.39, 0.29) is 5.82 Å². The molecule has 0 saturated heterocycles. The highest BCUT2D eigenvalue weighted by atomic mass is 19.1. The Hall–Kier alpha value is -1.71. The maximum absolute atomic E-state index is 12.7. The van der Waals surface area contributed by atoms with Crippen LogP contribution >= 0.6 is 0 Å². The van der Waals surface area contributed by atoms with Crippen molar-refractivity contribution in [1.82, 2.24) is 15.0 Å². The number of rotatable bonds is 1. The van der Waals surface area contributed by atoms with E-state index in [2.05, 4.69) is 24.2 Å².